The van der Waals surface area contributed by atoms with Gasteiger partial charge in [-0.05, 0) is 38.0 Å². The van der Waals surface area contributed by atoms with Gasteiger partial charge in [-0.25, -0.2) is 9.78 Å². The molecule has 0 spiro atoms. The van der Waals surface area contributed by atoms with Crippen LogP contribution in [0.2, 0.25) is 0 Å². The van der Waals surface area contributed by atoms with Crippen molar-refractivity contribution < 1.29 is 13.9 Å². The van der Waals surface area contributed by atoms with E-state index in [1.54, 1.807) is 11.0 Å². The van der Waals surface area contributed by atoms with Gasteiger partial charge in [0, 0.05) is 25.4 Å². The van der Waals surface area contributed by atoms with Crippen molar-refractivity contribution in [1.29, 1.82) is 0 Å². The van der Waals surface area contributed by atoms with Crippen LogP contribution in [0.1, 0.15) is 26.3 Å². The molecule has 4 nitrogen and oxygen atoms in total. The minimum absolute atomic E-state index is 0.353. The number of aromatic nitrogens is 1. The first kappa shape index (κ1) is 13.5. The van der Waals surface area contributed by atoms with E-state index in [-0.39, 0.29) is 6.09 Å². The van der Waals surface area contributed by atoms with Gasteiger partial charge in [0.2, 0.25) is 5.95 Å². The topological polar surface area (TPSA) is 42.4 Å². The summed E-state index contributed by atoms with van der Waals surface area (Å²) in [6, 6.07) is 3.10. The fourth-order valence-corrected chi connectivity index (χ4v) is 1.83. The Bertz CT molecular complexity index is 520. The molecule has 1 amide bonds. The van der Waals surface area contributed by atoms with E-state index < -0.39 is 11.5 Å². The quantitative estimate of drug-likeness (QED) is 0.732. The van der Waals surface area contributed by atoms with Gasteiger partial charge in [-0.3, -0.25) is 0 Å². The number of pyridine rings is 1. The van der Waals surface area contributed by atoms with E-state index in [9.17, 15) is 9.18 Å². The minimum atomic E-state index is -0.519. The van der Waals surface area contributed by atoms with E-state index in [0.29, 0.717) is 13.1 Å². The van der Waals surface area contributed by atoms with Crippen LogP contribution < -0.4 is 0 Å². The molecule has 0 N–H and O–H groups in total. The van der Waals surface area contributed by atoms with E-state index in [4.69, 9.17) is 4.74 Å². The van der Waals surface area contributed by atoms with Crippen LogP contribution in [-0.2, 0) is 4.74 Å². The monoisotopic (exact) mass is 264 g/mol. The Morgan fingerprint density at radius 1 is 1.47 bits per heavy atom. The zero-order valence-electron chi connectivity index (χ0n) is 11.3. The molecular formula is C14H17FN2O2. The summed E-state index contributed by atoms with van der Waals surface area (Å²) in [6.07, 6.45) is 2.97. The normalized spacial score (nSPS) is 15.4. The number of hydrogen-bond acceptors (Lipinski definition) is 3. The number of hydrogen-bond donors (Lipinski definition) is 0. The van der Waals surface area contributed by atoms with E-state index in [0.717, 1.165) is 11.1 Å². The Hall–Kier alpha value is -1.91. The first-order valence-corrected chi connectivity index (χ1v) is 6.14. The predicted octanol–water partition coefficient (Wildman–Crippen LogP) is 2.85. The van der Waals surface area contributed by atoms with Crippen molar-refractivity contribution in [2.24, 2.45) is 0 Å². The molecule has 2 rings (SSSR count). The average molecular weight is 264 g/mol. The lowest BCUT2D eigenvalue weighted by Crippen LogP contribution is -2.35. The third kappa shape index (κ3) is 3.53. The first-order valence-electron chi connectivity index (χ1n) is 6.14. The van der Waals surface area contributed by atoms with Gasteiger partial charge >= 0.3 is 6.09 Å². The van der Waals surface area contributed by atoms with Crippen molar-refractivity contribution in [3.63, 3.8) is 0 Å². The Kier molecular flexibility index (Phi) is 3.55. The van der Waals surface area contributed by atoms with Gasteiger partial charge < -0.3 is 9.64 Å². The molecular weight excluding hydrogens is 247 g/mol. The second-order valence-corrected chi connectivity index (χ2v) is 5.46. The maximum absolute atomic E-state index is 13.1. The maximum atomic E-state index is 13.1. The lowest BCUT2D eigenvalue weighted by molar-refractivity contribution is 0.0306. The van der Waals surface area contributed by atoms with Crippen LogP contribution in [0.5, 0.6) is 0 Å². The smallest absolute Gasteiger partial charge is 0.410 e. The number of amides is 1. The molecule has 1 aliphatic rings. The maximum Gasteiger partial charge on any atom is 0.410 e. The molecule has 0 aliphatic carbocycles. The number of ether oxygens (including phenoxy) is 1. The van der Waals surface area contributed by atoms with Crippen molar-refractivity contribution >= 4 is 11.7 Å². The lowest BCUT2D eigenvalue weighted by atomic mass is 10.1. The second-order valence-electron chi connectivity index (χ2n) is 5.46. The summed E-state index contributed by atoms with van der Waals surface area (Å²) in [6.45, 7) is 6.39. The Labute approximate surface area is 111 Å². The molecule has 5 heteroatoms. The highest BCUT2D eigenvalue weighted by Gasteiger charge is 2.25. The van der Waals surface area contributed by atoms with E-state index in [1.165, 1.54) is 12.3 Å². The lowest BCUT2D eigenvalue weighted by Gasteiger charge is -2.24. The predicted molar refractivity (Wildman–Crippen MR) is 70.0 cm³/mol. The molecule has 1 aliphatic heterocycles. The second kappa shape index (κ2) is 4.99. The number of carbonyl (C=O) groups excluding carboxylic acids is 1. The molecule has 1 aromatic heterocycles. The molecule has 2 heterocycles. The summed E-state index contributed by atoms with van der Waals surface area (Å²) < 4.78 is 18.4. The molecule has 0 fully saturated rings. The fourth-order valence-electron chi connectivity index (χ4n) is 1.83. The highest BCUT2D eigenvalue weighted by atomic mass is 19.1. The number of halogens is 1. The van der Waals surface area contributed by atoms with Crippen molar-refractivity contribution in [2.45, 2.75) is 26.4 Å². The summed E-state index contributed by atoms with van der Waals surface area (Å²) in [5, 5.41) is 0. The van der Waals surface area contributed by atoms with Crippen LogP contribution in [0.3, 0.4) is 0 Å². The van der Waals surface area contributed by atoms with E-state index in [2.05, 4.69) is 4.98 Å². The summed E-state index contributed by atoms with van der Waals surface area (Å²) in [5.74, 6) is -0.519. The van der Waals surface area contributed by atoms with Crippen molar-refractivity contribution in [3.05, 3.63) is 35.9 Å². The number of rotatable bonds is 1. The summed E-state index contributed by atoms with van der Waals surface area (Å²) in [7, 11) is 0. The fraction of sp³-hybridized carbons (Fsp3) is 0.429. The van der Waals surface area contributed by atoms with Gasteiger partial charge in [-0.2, -0.15) is 4.39 Å². The van der Waals surface area contributed by atoms with Crippen LogP contribution >= 0.6 is 0 Å². The summed E-state index contributed by atoms with van der Waals surface area (Å²) in [5.41, 5.74) is 1.15. The Morgan fingerprint density at radius 3 is 2.84 bits per heavy atom. The SMILES string of the molecule is CC(C)(C)OC(=O)N1CC=C(c2ccnc(F)c2)C1. The van der Waals surface area contributed by atoms with Crippen LogP contribution in [0.25, 0.3) is 5.57 Å². The molecule has 0 radical (unpaired) electrons. The van der Waals surface area contributed by atoms with Crippen molar-refractivity contribution in [1.82, 2.24) is 9.88 Å². The first-order chi connectivity index (χ1) is 8.85. The van der Waals surface area contributed by atoms with Gasteiger partial charge in [-0.15, -0.1) is 0 Å². The van der Waals surface area contributed by atoms with Crippen LogP contribution in [0, 0.1) is 5.95 Å². The molecule has 0 aromatic carbocycles. The third-order valence-corrected chi connectivity index (χ3v) is 2.67. The molecule has 102 valence electrons. The number of nitrogens with zero attached hydrogens (tertiary/aromatic N) is 2. The Morgan fingerprint density at radius 2 is 2.21 bits per heavy atom. The van der Waals surface area contributed by atoms with E-state index >= 15 is 0 Å². The average Bonchev–Trinajstić information content (AvgIpc) is 2.75. The van der Waals surface area contributed by atoms with Crippen molar-refractivity contribution in [3.8, 4) is 0 Å². The molecule has 0 atom stereocenters. The number of carbonyl (C=O) groups is 1. The molecule has 0 saturated carbocycles. The highest BCUT2D eigenvalue weighted by Crippen LogP contribution is 2.22. The van der Waals surface area contributed by atoms with Gasteiger partial charge in [0.05, 0.1) is 0 Å². The minimum Gasteiger partial charge on any atom is -0.444 e. The highest BCUT2D eigenvalue weighted by molar-refractivity contribution is 5.77. The zero-order chi connectivity index (χ0) is 14.0. The summed E-state index contributed by atoms with van der Waals surface area (Å²) >= 11 is 0. The molecule has 1 aromatic rings. The summed E-state index contributed by atoms with van der Waals surface area (Å²) in [4.78, 5) is 17.0. The molecule has 19 heavy (non-hydrogen) atoms. The molecule has 0 saturated heterocycles. The van der Waals surface area contributed by atoms with Gasteiger partial charge in [0.1, 0.15) is 5.60 Å². The molecule has 0 unspecified atom stereocenters. The Balaban J connectivity index is 2.01. The largest absolute Gasteiger partial charge is 0.444 e. The standard InChI is InChI=1S/C14H17FN2O2/c1-14(2,3)19-13(18)17-7-5-11(9-17)10-4-6-16-12(15)8-10/h4-6,8H,7,9H2,1-3H3. The van der Waals surface area contributed by atoms with Gasteiger partial charge in [-0.1, -0.05) is 6.08 Å². The van der Waals surface area contributed by atoms with E-state index in [1.807, 2.05) is 26.8 Å². The van der Waals surface area contributed by atoms with Crippen LogP contribution in [0.15, 0.2) is 24.4 Å². The van der Waals surface area contributed by atoms with Gasteiger partial charge in [0.25, 0.3) is 0 Å². The van der Waals surface area contributed by atoms with Crippen LogP contribution in [0.4, 0.5) is 9.18 Å². The van der Waals surface area contributed by atoms with Crippen molar-refractivity contribution in [2.75, 3.05) is 13.1 Å². The van der Waals surface area contributed by atoms with Gasteiger partial charge in [0.15, 0.2) is 0 Å². The third-order valence-electron chi connectivity index (χ3n) is 2.67. The zero-order valence-corrected chi connectivity index (χ0v) is 11.3. The van der Waals surface area contributed by atoms with Crippen LogP contribution in [-0.4, -0.2) is 34.7 Å². The molecule has 0 bridgehead atoms.